The summed E-state index contributed by atoms with van der Waals surface area (Å²) in [6, 6.07) is 10.7. The maximum Gasteiger partial charge on any atom is 0.373 e. The molecule has 1 aromatic carbocycles. The third-order valence-corrected chi connectivity index (χ3v) is 2.87. The van der Waals surface area contributed by atoms with Crippen LogP contribution in [0.25, 0.3) is 0 Å². The first-order valence-corrected chi connectivity index (χ1v) is 6.72. The summed E-state index contributed by atoms with van der Waals surface area (Å²) >= 11 is 0. The first-order valence-electron chi connectivity index (χ1n) is 6.72. The monoisotopic (exact) mass is 290 g/mol. The van der Waals surface area contributed by atoms with Crippen LogP contribution >= 0.6 is 0 Å². The lowest BCUT2D eigenvalue weighted by Gasteiger charge is -2.15. The summed E-state index contributed by atoms with van der Waals surface area (Å²) in [7, 11) is 1.31. The molecular weight excluding hydrogens is 272 g/mol. The van der Waals surface area contributed by atoms with Crippen LogP contribution in [0.3, 0.4) is 0 Å². The third kappa shape index (κ3) is 3.56. The standard InChI is InChI=1S/C16H18O5/c1-4-19-13-7-5-6-8-14(13)20-11(2)12-9-10-15(21-12)16(17)18-3/h5-11H,4H2,1-3H3. The van der Waals surface area contributed by atoms with E-state index in [4.69, 9.17) is 13.9 Å². The molecule has 0 N–H and O–H groups in total. The zero-order valence-corrected chi connectivity index (χ0v) is 12.3. The number of para-hydroxylation sites is 2. The number of hydrogen-bond donors (Lipinski definition) is 0. The summed E-state index contributed by atoms with van der Waals surface area (Å²) < 4.78 is 21.4. The number of methoxy groups -OCH3 is 1. The minimum Gasteiger partial charge on any atom is -0.490 e. The Morgan fingerprint density at radius 2 is 1.90 bits per heavy atom. The molecule has 0 amide bonds. The summed E-state index contributed by atoms with van der Waals surface area (Å²) in [4.78, 5) is 11.4. The molecule has 1 atom stereocenters. The average Bonchev–Trinajstić information content (AvgIpc) is 2.98. The summed E-state index contributed by atoms with van der Waals surface area (Å²) in [5, 5.41) is 0. The summed E-state index contributed by atoms with van der Waals surface area (Å²) in [5.41, 5.74) is 0. The Balaban J connectivity index is 2.12. The highest BCUT2D eigenvalue weighted by Crippen LogP contribution is 2.31. The fourth-order valence-electron chi connectivity index (χ4n) is 1.85. The Hall–Kier alpha value is -2.43. The van der Waals surface area contributed by atoms with E-state index >= 15 is 0 Å². The number of benzene rings is 1. The van der Waals surface area contributed by atoms with Crippen molar-refractivity contribution in [3.05, 3.63) is 47.9 Å². The second kappa shape index (κ2) is 6.83. The van der Waals surface area contributed by atoms with Gasteiger partial charge in [-0.05, 0) is 38.1 Å². The van der Waals surface area contributed by atoms with E-state index in [2.05, 4.69) is 4.74 Å². The van der Waals surface area contributed by atoms with E-state index in [1.54, 1.807) is 12.1 Å². The van der Waals surface area contributed by atoms with Crippen molar-refractivity contribution in [3.8, 4) is 11.5 Å². The summed E-state index contributed by atoms with van der Waals surface area (Å²) in [5.74, 6) is 1.49. The van der Waals surface area contributed by atoms with Gasteiger partial charge in [0, 0.05) is 0 Å². The van der Waals surface area contributed by atoms with Crippen LogP contribution in [-0.4, -0.2) is 19.7 Å². The molecule has 0 spiro atoms. The molecule has 1 heterocycles. The quantitative estimate of drug-likeness (QED) is 0.761. The summed E-state index contributed by atoms with van der Waals surface area (Å²) in [6.45, 7) is 4.31. The van der Waals surface area contributed by atoms with Crippen LogP contribution in [0.4, 0.5) is 0 Å². The number of rotatable bonds is 6. The molecular formula is C16H18O5. The number of furan rings is 1. The first kappa shape index (κ1) is 15.0. The Morgan fingerprint density at radius 3 is 2.57 bits per heavy atom. The maximum absolute atomic E-state index is 11.4. The lowest BCUT2D eigenvalue weighted by atomic mass is 10.3. The maximum atomic E-state index is 11.4. The number of esters is 1. The topological polar surface area (TPSA) is 57.9 Å². The number of carbonyl (C=O) groups excluding carboxylic acids is 1. The second-order valence-corrected chi connectivity index (χ2v) is 4.33. The average molecular weight is 290 g/mol. The number of carbonyl (C=O) groups is 1. The van der Waals surface area contributed by atoms with Crippen LogP contribution in [0.5, 0.6) is 11.5 Å². The lowest BCUT2D eigenvalue weighted by Crippen LogP contribution is -2.04. The van der Waals surface area contributed by atoms with E-state index in [1.165, 1.54) is 7.11 Å². The van der Waals surface area contributed by atoms with Gasteiger partial charge in [-0.1, -0.05) is 12.1 Å². The van der Waals surface area contributed by atoms with Crippen molar-refractivity contribution >= 4 is 5.97 Å². The molecule has 21 heavy (non-hydrogen) atoms. The Bertz CT molecular complexity index is 602. The molecule has 1 aromatic heterocycles. The predicted molar refractivity (Wildman–Crippen MR) is 76.7 cm³/mol. The van der Waals surface area contributed by atoms with Crippen LogP contribution in [0.15, 0.2) is 40.8 Å². The number of hydrogen-bond acceptors (Lipinski definition) is 5. The number of ether oxygens (including phenoxy) is 3. The van der Waals surface area contributed by atoms with Gasteiger partial charge >= 0.3 is 5.97 Å². The SMILES string of the molecule is CCOc1ccccc1OC(C)c1ccc(C(=O)OC)o1. The van der Waals surface area contributed by atoms with Crippen molar-refractivity contribution in [3.63, 3.8) is 0 Å². The third-order valence-electron chi connectivity index (χ3n) is 2.87. The van der Waals surface area contributed by atoms with Crippen molar-refractivity contribution in [2.24, 2.45) is 0 Å². The Morgan fingerprint density at radius 1 is 1.19 bits per heavy atom. The molecule has 0 bridgehead atoms. The van der Waals surface area contributed by atoms with Gasteiger partial charge in [-0.15, -0.1) is 0 Å². The Labute approximate surface area is 123 Å². The molecule has 0 radical (unpaired) electrons. The highest BCUT2D eigenvalue weighted by atomic mass is 16.5. The smallest absolute Gasteiger partial charge is 0.373 e. The van der Waals surface area contributed by atoms with Gasteiger partial charge in [0.15, 0.2) is 17.6 Å². The van der Waals surface area contributed by atoms with Gasteiger partial charge in [0.05, 0.1) is 13.7 Å². The predicted octanol–water partition coefficient (Wildman–Crippen LogP) is 3.60. The molecule has 0 fully saturated rings. The van der Waals surface area contributed by atoms with Gasteiger partial charge in [0.2, 0.25) is 5.76 Å². The molecule has 0 aliphatic heterocycles. The van der Waals surface area contributed by atoms with Gasteiger partial charge in [-0.2, -0.15) is 0 Å². The zero-order chi connectivity index (χ0) is 15.2. The van der Waals surface area contributed by atoms with E-state index in [0.717, 1.165) is 0 Å². The first-order chi connectivity index (χ1) is 10.2. The molecule has 0 saturated carbocycles. The van der Waals surface area contributed by atoms with E-state index < -0.39 is 5.97 Å². The highest BCUT2D eigenvalue weighted by Gasteiger charge is 2.17. The van der Waals surface area contributed by atoms with Crippen LogP contribution in [0.1, 0.15) is 36.3 Å². The van der Waals surface area contributed by atoms with Crippen LogP contribution in [0.2, 0.25) is 0 Å². The van der Waals surface area contributed by atoms with Crippen molar-refractivity contribution < 1.29 is 23.4 Å². The molecule has 0 aliphatic rings. The van der Waals surface area contributed by atoms with Crippen molar-refractivity contribution in [1.29, 1.82) is 0 Å². The van der Waals surface area contributed by atoms with Gasteiger partial charge in [0.1, 0.15) is 5.76 Å². The second-order valence-electron chi connectivity index (χ2n) is 4.33. The minimum atomic E-state index is -0.511. The van der Waals surface area contributed by atoms with E-state index in [-0.39, 0.29) is 11.9 Å². The van der Waals surface area contributed by atoms with Crippen LogP contribution in [0, 0.1) is 0 Å². The minimum absolute atomic E-state index is 0.154. The summed E-state index contributed by atoms with van der Waals surface area (Å²) in [6.07, 6.45) is -0.356. The largest absolute Gasteiger partial charge is 0.490 e. The van der Waals surface area contributed by atoms with Gasteiger partial charge < -0.3 is 18.6 Å². The zero-order valence-electron chi connectivity index (χ0n) is 12.3. The van der Waals surface area contributed by atoms with Gasteiger partial charge in [0.25, 0.3) is 0 Å². The van der Waals surface area contributed by atoms with Crippen molar-refractivity contribution in [2.45, 2.75) is 20.0 Å². The molecule has 2 aromatic rings. The van der Waals surface area contributed by atoms with Gasteiger partial charge in [-0.3, -0.25) is 0 Å². The molecule has 112 valence electrons. The molecule has 0 aliphatic carbocycles. The van der Waals surface area contributed by atoms with Gasteiger partial charge in [-0.25, -0.2) is 4.79 Å². The van der Waals surface area contributed by atoms with E-state index in [9.17, 15) is 4.79 Å². The molecule has 2 rings (SSSR count). The van der Waals surface area contributed by atoms with E-state index in [1.807, 2.05) is 38.1 Å². The molecule has 0 saturated heterocycles. The highest BCUT2D eigenvalue weighted by molar-refractivity contribution is 5.86. The molecule has 1 unspecified atom stereocenters. The van der Waals surface area contributed by atoms with Crippen molar-refractivity contribution in [2.75, 3.05) is 13.7 Å². The normalized spacial score (nSPS) is 11.8. The Kier molecular flexibility index (Phi) is 4.87. The fourth-order valence-corrected chi connectivity index (χ4v) is 1.85. The molecule has 5 nitrogen and oxygen atoms in total. The van der Waals surface area contributed by atoms with Crippen molar-refractivity contribution in [1.82, 2.24) is 0 Å². The lowest BCUT2D eigenvalue weighted by molar-refractivity contribution is 0.0558. The van der Waals surface area contributed by atoms with Crippen LogP contribution in [-0.2, 0) is 4.74 Å². The van der Waals surface area contributed by atoms with E-state index in [0.29, 0.717) is 23.9 Å². The molecule has 5 heteroatoms. The fraction of sp³-hybridized carbons (Fsp3) is 0.312. The van der Waals surface area contributed by atoms with Crippen LogP contribution < -0.4 is 9.47 Å².